The Morgan fingerprint density at radius 2 is 1.93 bits per heavy atom. The van der Waals surface area contributed by atoms with Crippen molar-refractivity contribution in [3.05, 3.63) is 0 Å². The maximum atomic E-state index is 8.63. The summed E-state index contributed by atoms with van der Waals surface area (Å²) in [6.07, 6.45) is 1.07. The van der Waals surface area contributed by atoms with E-state index in [1.54, 1.807) is 0 Å². The predicted molar refractivity (Wildman–Crippen MR) is 63.3 cm³/mol. The number of rotatable bonds is 7. The lowest BCUT2D eigenvalue weighted by Crippen LogP contribution is -2.45. The zero-order valence-electron chi connectivity index (χ0n) is 10.3. The van der Waals surface area contributed by atoms with Gasteiger partial charge in [0, 0.05) is 13.1 Å². The van der Waals surface area contributed by atoms with Crippen molar-refractivity contribution in [2.45, 2.75) is 26.3 Å². The molecule has 1 unspecified atom stereocenters. The Morgan fingerprint density at radius 3 is 2.33 bits per heavy atom. The standard InChI is InChI=1S/C10H24N4O/c1-5-6-14(8-7-13(3)4)9(2)10(11)12-15/h9,15H,5-8H2,1-4H3,(H2,11,12). The van der Waals surface area contributed by atoms with E-state index >= 15 is 0 Å². The van der Waals surface area contributed by atoms with Gasteiger partial charge in [-0.15, -0.1) is 0 Å². The second-order valence-electron chi connectivity index (χ2n) is 4.04. The molecule has 0 radical (unpaired) electrons. The number of oxime groups is 1. The Kier molecular flexibility index (Phi) is 7.07. The van der Waals surface area contributed by atoms with Gasteiger partial charge in [0.2, 0.25) is 0 Å². The smallest absolute Gasteiger partial charge is 0.156 e. The first kappa shape index (κ1) is 14.2. The lowest BCUT2D eigenvalue weighted by atomic mass is 10.2. The van der Waals surface area contributed by atoms with Crippen LogP contribution in [0.4, 0.5) is 0 Å². The maximum absolute atomic E-state index is 8.63. The molecule has 5 heteroatoms. The molecule has 0 amide bonds. The molecule has 0 aromatic rings. The third-order valence-electron chi connectivity index (χ3n) is 2.44. The fourth-order valence-corrected chi connectivity index (χ4v) is 1.39. The Hall–Kier alpha value is -0.810. The van der Waals surface area contributed by atoms with Crippen LogP contribution in [0.15, 0.2) is 5.16 Å². The number of amidine groups is 1. The van der Waals surface area contributed by atoms with Crippen LogP contribution >= 0.6 is 0 Å². The van der Waals surface area contributed by atoms with Crippen molar-refractivity contribution < 1.29 is 5.21 Å². The molecule has 0 bridgehead atoms. The normalized spacial score (nSPS) is 14.9. The first-order valence-corrected chi connectivity index (χ1v) is 5.39. The molecular weight excluding hydrogens is 192 g/mol. The van der Waals surface area contributed by atoms with E-state index in [2.05, 4.69) is 21.9 Å². The van der Waals surface area contributed by atoms with E-state index in [1.165, 1.54) is 0 Å². The summed E-state index contributed by atoms with van der Waals surface area (Å²) in [7, 11) is 4.08. The molecule has 0 aromatic carbocycles. The quantitative estimate of drug-likeness (QED) is 0.280. The topological polar surface area (TPSA) is 65.1 Å². The van der Waals surface area contributed by atoms with Crippen molar-refractivity contribution in [2.24, 2.45) is 10.9 Å². The lowest BCUT2D eigenvalue weighted by molar-refractivity contribution is 0.218. The molecule has 15 heavy (non-hydrogen) atoms. The van der Waals surface area contributed by atoms with Gasteiger partial charge in [0.05, 0.1) is 6.04 Å². The Bertz CT molecular complexity index is 194. The van der Waals surface area contributed by atoms with E-state index in [4.69, 9.17) is 10.9 Å². The average Bonchev–Trinajstić information content (AvgIpc) is 2.21. The number of nitrogens with zero attached hydrogens (tertiary/aromatic N) is 3. The Labute approximate surface area is 92.5 Å². The van der Waals surface area contributed by atoms with Crippen molar-refractivity contribution in [1.82, 2.24) is 9.80 Å². The number of hydrogen-bond acceptors (Lipinski definition) is 4. The second-order valence-corrected chi connectivity index (χ2v) is 4.04. The van der Waals surface area contributed by atoms with Crippen LogP contribution in [-0.2, 0) is 0 Å². The Balaban J connectivity index is 4.24. The number of nitrogens with two attached hydrogens (primary N) is 1. The molecule has 0 aliphatic heterocycles. The van der Waals surface area contributed by atoms with Gasteiger partial charge in [-0.1, -0.05) is 12.1 Å². The van der Waals surface area contributed by atoms with Crippen molar-refractivity contribution in [3.63, 3.8) is 0 Å². The minimum atomic E-state index is -0.00472. The van der Waals surface area contributed by atoms with Crippen molar-refractivity contribution in [1.29, 1.82) is 0 Å². The molecule has 3 N–H and O–H groups in total. The van der Waals surface area contributed by atoms with Gasteiger partial charge in [0.25, 0.3) is 0 Å². The van der Waals surface area contributed by atoms with Gasteiger partial charge < -0.3 is 15.8 Å². The summed E-state index contributed by atoms with van der Waals surface area (Å²) in [6, 6.07) is -0.00472. The molecule has 0 rings (SSSR count). The van der Waals surface area contributed by atoms with Crippen LogP contribution in [0.25, 0.3) is 0 Å². The van der Waals surface area contributed by atoms with E-state index < -0.39 is 0 Å². The molecule has 0 spiro atoms. The van der Waals surface area contributed by atoms with Gasteiger partial charge in [0.15, 0.2) is 5.84 Å². The molecule has 0 fully saturated rings. The van der Waals surface area contributed by atoms with Crippen LogP contribution in [-0.4, -0.2) is 60.6 Å². The second kappa shape index (κ2) is 7.48. The Morgan fingerprint density at radius 1 is 1.33 bits per heavy atom. The largest absolute Gasteiger partial charge is 0.409 e. The van der Waals surface area contributed by atoms with Crippen LogP contribution in [0, 0.1) is 0 Å². The van der Waals surface area contributed by atoms with Gasteiger partial charge >= 0.3 is 0 Å². The van der Waals surface area contributed by atoms with Crippen LogP contribution < -0.4 is 5.73 Å². The molecule has 0 aromatic heterocycles. The van der Waals surface area contributed by atoms with E-state index in [0.717, 1.165) is 26.1 Å². The van der Waals surface area contributed by atoms with Crippen molar-refractivity contribution >= 4 is 5.84 Å². The highest BCUT2D eigenvalue weighted by Gasteiger charge is 2.16. The van der Waals surface area contributed by atoms with Gasteiger partial charge in [0.1, 0.15) is 0 Å². The summed E-state index contributed by atoms with van der Waals surface area (Å²) in [5.74, 6) is 0.280. The van der Waals surface area contributed by atoms with Gasteiger partial charge in [-0.2, -0.15) is 0 Å². The van der Waals surface area contributed by atoms with E-state index in [9.17, 15) is 0 Å². The highest BCUT2D eigenvalue weighted by Crippen LogP contribution is 2.01. The molecule has 90 valence electrons. The SMILES string of the molecule is CCCN(CCN(C)C)C(C)C(N)=NO. The van der Waals surface area contributed by atoms with Gasteiger partial charge in [-0.25, -0.2) is 0 Å². The lowest BCUT2D eigenvalue weighted by Gasteiger charge is -2.28. The zero-order valence-corrected chi connectivity index (χ0v) is 10.3. The van der Waals surface area contributed by atoms with Crippen LogP contribution in [0.5, 0.6) is 0 Å². The molecule has 1 atom stereocenters. The summed E-state index contributed by atoms with van der Waals surface area (Å²) in [5, 5.41) is 11.7. The molecule has 0 saturated carbocycles. The van der Waals surface area contributed by atoms with Crippen molar-refractivity contribution in [3.8, 4) is 0 Å². The third-order valence-corrected chi connectivity index (χ3v) is 2.44. The van der Waals surface area contributed by atoms with Crippen LogP contribution in [0.2, 0.25) is 0 Å². The number of hydrogen-bond donors (Lipinski definition) is 2. The highest BCUT2D eigenvalue weighted by atomic mass is 16.4. The van der Waals surface area contributed by atoms with Gasteiger partial charge in [-0.05, 0) is 34.0 Å². The first-order valence-electron chi connectivity index (χ1n) is 5.39. The summed E-state index contributed by atoms with van der Waals surface area (Å²) in [4.78, 5) is 4.34. The minimum Gasteiger partial charge on any atom is -0.409 e. The summed E-state index contributed by atoms with van der Waals surface area (Å²) in [5.41, 5.74) is 5.60. The van der Waals surface area contributed by atoms with E-state index in [1.807, 2.05) is 21.0 Å². The summed E-state index contributed by atoms with van der Waals surface area (Å²) >= 11 is 0. The maximum Gasteiger partial charge on any atom is 0.156 e. The monoisotopic (exact) mass is 216 g/mol. The molecular formula is C10H24N4O. The average molecular weight is 216 g/mol. The molecule has 0 saturated heterocycles. The summed E-state index contributed by atoms with van der Waals surface area (Å²) in [6.45, 7) is 6.95. The fraction of sp³-hybridized carbons (Fsp3) is 0.900. The minimum absolute atomic E-state index is 0.00472. The van der Waals surface area contributed by atoms with E-state index in [-0.39, 0.29) is 11.9 Å². The molecule has 0 aliphatic carbocycles. The molecule has 0 heterocycles. The zero-order chi connectivity index (χ0) is 11.8. The molecule has 0 aliphatic rings. The van der Waals surface area contributed by atoms with Crippen LogP contribution in [0.3, 0.4) is 0 Å². The fourth-order valence-electron chi connectivity index (χ4n) is 1.39. The van der Waals surface area contributed by atoms with E-state index in [0.29, 0.717) is 0 Å². The van der Waals surface area contributed by atoms with Crippen LogP contribution in [0.1, 0.15) is 20.3 Å². The third kappa shape index (κ3) is 5.59. The summed E-state index contributed by atoms with van der Waals surface area (Å²) < 4.78 is 0. The number of likely N-dealkylation sites (N-methyl/N-ethyl adjacent to an activating group) is 1. The first-order chi connectivity index (χ1) is 7.02. The van der Waals surface area contributed by atoms with Crippen molar-refractivity contribution in [2.75, 3.05) is 33.7 Å². The molecule has 5 nitrogen and oxygen atoms in total. The highest BCUT2D eigenvalue weighted by molar-refractivity contribution is 5.84. The predicted octanol–water partition coefficient (Wildman–Crippen LogP) is 0.395. The van der Waals surface area contributed by atoms with Gasteiger partial charge in [-0.3, -0.25) is 4.90 Å².